The molecule has 1 amide bonds. The van der Waals surface area contributed by atoms with Crippen molar-refractivity contribution in [3.8, 4) is 0 Å². The highest BCUT2D eigenvalue weighted by Gasteiger charge is 2.37. The predicted molar refractivity (Wildman–Crippen MR) is 110 cm³/mol. The van der Waals surface area contributed by atoms with Crippen LogP contribution in [-0.2, 0) is 30.3 Å². The molecule has 1 aromatic carbocycles. The Labute approximate surface area is 180 Å². The van der Waals surface area contributed by atoms with E-state index in [1.807, 2.05) is 30.3 Å². The fraction of sp³-hybridized carbons (Fsp3) is 0.524. The minimum absolute atomic E-state index is 0.297. The van der Waals surface area contributed by atoms with Gasteiger partial charge in [-0.1, -0.05) is 30.3 Å². The van der Waals surface area contributed by atoms with Gasteiger partial charge in [0, 0.05) is 6.54 Å². The number of hydrogen-bond acceptors (Lipinski definition) is 7. The quantitative estimate of drug-likeness (QED) is 0.351. The summed E-state index contributed by atoms with van der Waals surface area (Å²) in [6.45, 7) is 1.41. The molecule has 1 aliphatic rings. The van der Waals surface area contributed by atoms with Gasteiger partial charge in [-0.15, -0.1) is 0 Å². The summed E-state index contributed by atoms with van der Waals surface area (Å²) in [5.74, 6) is -3.48. The van der Waals surface area contributed by atoms with Crippen LogP contribution in [0.15, 0.2) is 30.3 Å². The average molecular weight is 435 g/mol. The number of carbonyl (C=O) groups is 4. The van der Waals surface area contributed by atoms with Crippen molar-refractivity contribution in [3.05, 3.63) is 35.9 Å². The number of nitrogens with two attached hydrogens (primary N) is 1. The van der Waals surface area contributed by atoms with Crippen molar-refractivity contribution in [2.45, 2.75) is 56.8 Å². The highest BCUT2D eigenvalue weighted by Crippen LogP contribution is 2.19. The van der Waals surface area contributed by atoms with E-state index in [4.69, 9.17) is 15.6 Å². The zero-order chi connectivity index (χ0) is 23.0. The summed E-state index contributed by atoms with van der Waals surface area (Å²) in [6, 6.07) is 5.46. The van der Waals surface area contributed by atoms with Crippen LogP contribution in [0.4, 0.5) is 0 Å². The first-order chi connectivity index (χ1) is 14.7. The van der Waals surface area contributed by atoms with E-state index in [1.54, 1.807) is 6.92 Å². The van der Waals surface area contributed by atoms with Gasteiger partial charge >= 0.3 is 17.9 Å². The zero-order valence-electron chi connectivity index (χ0n) is 17.4. The molecule has 1 saturated heterocycles. The number of carbonyl (C=O) groups excluding carboxylic acids is 2. The summed E-state index contributed by atoms with van der Waals surface area (Å²) < 4.78 is 5.05. The Morgan fingerprint density at radius 2 is 1.90 bits per heavy atom. The molecular formula is C21H29N3O7. The first-order valence-corrected chi connectivity index (χ1v) is 10.2. The number of benzene rings is 1. The molecule has 1 fully saturated rings. The van der Waals surface area contributed by atoms with E-state index in [-0.39, 0.29) is 0 Å². The molecule has 1 heterocycles. The number of likely N-dealkylation sites (tertiary alicyclic amines) is 1. The third kappa shape index (κ3) is 7.04. The molecule has 0 aliphatic carbocycles. The lowest BCUT2D eigenvalue weighted by Gasteiger charge is -2.28. The standard InChI is InChI=1S/C21H29N3O7/c1-13(18(25)24-11-5-8-17(24)20(28)29)23-16(10-9-14-6-3-2-4-7-14)21(30)31-12-15(22)19(26)27/h2-4,6-7,13,15-17,23H,5,8-12,22H2,1H3,(H,26,27)(H,28,29)/t13-,15-,16-,17-/m0/s1. The fourth-order valence-corrected chi connectivity index (χ4v) is 3.48. The van der Waals surface area contributed by atoms with Crippen LogP contribution in [0.2, 0.25) is 0 Å². The summed E-state index contributed by atoms with van der Waals surface area (Å²) in [5.41, 5.74) is 6.37. The smallest absolute Gasteiger partial charge is 0.326 e. The lowest BCUT2D eigenvalue weighted by atomic mass is 10.0. The van der Waals surface area contributed by atoms with E-state index in [0.29, 0.717) is 32.2 Å². The molecule has 0 aromatic heterocycles. The number of carboxylic acid groups (broad SMARTS) is 2. The topological polar surface area (TPSA) is 159 Å². The van der Waals surface area contributed by atoms with Crippen LogP contribution >= 0.6 is 0 Å². The number of ether oxygens (including phenoxy) is 1. The highest BCUT2D eigenvalue weighted by atomic mass is 16.5. The van der Waals surface area contributed by atoms with Gasteiger partial charge in [-0.05, 0) is 38.2 Å². The SMILES string of the molecule is C[C@H](N[C@@H](CCc1ccccc1)C(=O)OC[C@H](N)C(=O)O)C(=O)N1CCC[C@H]1C(=O)O. The van der Waals surface area contributed by atoms with Crippen LogP contribution in [0.25, 0.3) is 0 Å². The van der Waals surface area contributed by atoms with E-state index in [2.05, 4.69) is 5.32 Å². The third-order valence-electron chi connectivity index (χ3n) is 5.21. The number of nitrogens with one attached hydrogen (secondary N) is 1. The van der Waals surface area contributed by atoms with E-state index in [1.165, 1.54) is 4.90 Å². The Bertz CT molecular complexity index is 786. The van der Waals surface area contributed by atoms with Crippen molar-refractivity contribution in [1.29, 1.82) is 0 Å². The van der Waals surface area contributed by atoms with Gasteiger partial charge in [-0.2, -0.15) is 0 Å². The molecule has 0 saturated carbocycles. The van der Waals surface area contributed by atoms with Crippen LogP contribution in [0.5, 0.6) is 0 Å². The van der Waals surface area contributed by atoms with Crippen LogP contribution in [0.1, 0.15) is 31.7 Å². The van der Waals surface area contributed by atoms with Gasteiger partial charge in [0.15, 0.2) is 0 Å². The lowest BCUT2D eigenvalue weighted by Crippen LogP contribution is -2.53. The number of aryl methyl sites for hydroxylation is 1. The molecule has 10 nitrogen and oxygen atoms in total. The summed E-state index contributed by atoms with van der Waals surface area (Å²) in [7, 11) is 0. The molecule has 2 rings (SSSR count). The maximum Gasteiger partial charge on any atom is 0.326 e. The number of nitrogens with zero attached hydrogens (tertiary/aromatic N) is 1. The number of esters is 1. The molecule has 10 heteroatoms. The second-order valence-electron chi connectivity index (χ2n) is 7.57. The normalized spacial score (nSPS) is 18.8. The monoisotopic (exact) mass is 435 g/mol. The summed E-state index contributed by atoms with van der Waals surface area (Å²) >= 11 is 0. The van der Waals surface area contributed by atoms with Crippen LogP contribution in [-0.4, -0.2) is 76.2 Å². The van der Waals surface area contributed by atoms with Gasteiger partial charge < -0.3 is 25.6 Å². The molecule has 1 aromatic rings. The molecule has 1 aliphatic heterocycles. The Morgan fingerprint density at radius 1 is 1.23 bits per heavy atom. The van der Waals surface area contributed by atoms with Crippen molar-refractivity contribution >= 4 is 23.8 Å². The number of aliphatic carboxylic acids is 2. The highest BCUT2D eigenvalue weighted by molar-refractivity contribution is 5.88. The van der Waals surface area contributed by atoms with Gasteiger partial charge in [-0.25, -0.2) is 4.79 Å². The van der Waals surface area contributed by atoms with Crippen LogP contribution in [0.3, 0.4) is 0 Å². The second-order valence-corrected chi connectivity index (χ2v) is 7.57. The number of hydrogen-bond donors (Lipinski definition) is 4. The van der Waals surface area contributed by atoms with Gasteiger partial charge in [-0.3, -0.25) is 19.7 Å². The van der Waals surface area contributed by atoms with Crippen molar-refractivity contribution in [2.75, 3.05) is 13.2 Å². The van der Waals surface area contributed by atoms with Crippen LogP contribution in [0, 0.1) is 0 Å². The zero-order valence-corrected chi connectivity index (χ0v) is 17.4. The molecular weight excluding hydrogens is 406 g/mol. The van der Waals surface area contributed by atoms with Crippen LogP contribution < -0.4 is 11.1 Å². The van der Waals surface area contributed by atoms with Gasteiger partial charge in [0.2, 0.25) is 5.91 Å². The molecule has 0 bridgehead atoms. The maximum atomic E-state index is 12.8. The Hall–Kier alpha value is -2.98. The van der Waals surface area contributed by atoms with E-state index in [9.17, 15) is 24.3 Å². The number of amides is 1. The molecule has 31 heavy (non-hydrogen) atoms. The maximum absolute atomic E-state index is 12.8. The first-order valence-electron chi connectivity index (χ1n) is 10.2. The number of rotatable bonds is 11. The van der Waals surface area contributed by atoms with Gasteiger partial charge in [0.25, 0.3) is 0 Å². The molecule has 0 spiro atoms. The third-order valence-corrected chi connectivity index (χ3v) is 5.21. The molecule has 170 valence electrons. The van der Waals surface area contributed by atoms with Gasteiger partial charge in [0.05, 0.1) is 6.04 Å². The Kier molecular flexibility index (Phi) is 8.95. The van der Waals surface area contributed by atoms with E-state index < -0.39 is 54.6 Å². The molecule has 0 unspecified atom stereocenters. The van der Waals surface area contributed by atoms with Crippen molar-refractivity contribution in [1.82, 2.24) is 10.2 Å². The molecule has 4 atom stereocenters. The lowest BCUT2D eigenvalue weighted by molar-refractivity contribution is -0.152. The largest absolute Gasteiger partial charge is 0.480 e. The first kappa shape index (κ1) is 24.3. The summed E-state index contributed by atoms with van der Waals surface area (Å²) in [5, 5.41) is 21.1. The minimum Gasteiger partial charge on any atom is -0.480 e. The van der Waals surface area contributed by atoms with E-state index >= 15 is 0 Å². The van der Waals surface area contributed by atoms with Crippen molar-refractivity contribution in [3.63, 3.8) is 0 Å². The average Bonchev–Trinajstić information content (AvgIpc) is 3.24. The Morgan fingerprint density at radius 3 is 2.52 bits per heavy atom. The predicted octanol–water partition coefficient (Wildman–Crippen LogP) is -0.00340. The Balaban J connectivity index is 2.05. The summed E-state index contributed by atoms with van der Waals surface area (Å²) in [6.07, 6.45) is 1.80. The van der Waals surface area contributed by atoms with Crippen molar-refractivity contribution < 1.29 is 34.1 Å². The van der Waals surface area contributed by atoms with E-state index in [0.717, 1.165) is 5.56 Å². The minimum atomic E-state index is -1.35. The number of carboxylic acids is 2. The summed E-state index contributed by atoms with van der Waals surface area (Å²) in [4.78, 5) is 48.9. The molecule has 5 N–H and O–H groups in total. The van der Waals surface area contributed by atoms with Gasteiger partial charge in [0.1, 0.15) is 24.7 Å². The fourth-order valence-electron chi connectivity index (χ4n) is 3.48. The second kappa shape index (κ2) is 11.4. The molecule has 0 radical (unpaired) electrons. The van der Waals surface area contributed by atoms with Crippen molar-refractivity contribution in [2.24, 2.45) is 5.73 Å².